The molecule has 3 aromatic rings. The van der Waals surface area contributed by atoms with E-state index in [-0.39, 0.29) is 12.1 Å². The van der Waals surface area contributed by atoms with Crippen molar-refractivity contribution in [3.63, 3.8) is 0 Å². The zero-order chi connectivity index (χ0) is 18.8. The highest BCUT2D eigenvalue weighted by molar-refractivity contribution is 7.14. The molecule has 0 fully saturated rings. The minimum absolute atomic E-state index is 0.128. The number of carbonyl (C=O) groups is 1. The third-order valence-electron chi connectivity index (χ3n) is 4.48. The van der Waals surface area contributed by atoms with Gasteiger partial charge in [0.1, 0.15) is 5.00 Å². The minimum Gasteiger partial charge on any atom is -0.331 e. The fraction of sp³-hybridized carbons (Fsp3) is 0.250. The van der Waals surface area contributed by atoms with E-state index in [1.165, 1.54) is 10.4 Å². The van der Waals surface area contributed by atoms with Crippen molar-refractivity contribution in [2.75, 3.05) is 5.32 Å². The monoisotopic (exact) mass is 387 g/mol. The number of benzene rings is 1. The van der Waals surface area contributed by atoms with E-state index in [9.17, 15) is 4.79 Å². The predicted molar refractivity (Wildman–Crippen MR) is 110 cm³/mol. The first-order chi connectivity index (χ1) is 12.4. The predicted octanol–water partition coefficient (Wildman–Crippen LogP) is 6.00. The van der Waals surface area contributed by atoms with Crippen LogP contribution in [0.1, 0.15) is 34.5 Å². The van der Waals surface area contributed by atoms with E-state index in [2.05, 4.69) is 29.0 Å². The number of thiophene rings is 1. The molecule has 136 valence electrons. The molecule has 3 rings (SSSR count). The van der Waals surface area contributed by atoms with Crippen LogP contribution >= 0.6 is 22.9 Å². The average molecular weight is 388 g/mol. The first-order valence-corrected chi connectivity index (χ1v) is 9.63. The molecule has 0 bridgehead atoms. The van der Waals surface area contributed by atoms with Gasteiger partial charge < -0.3 is 15.2 Å². The number of aryl methyl sites for hydroxylation is 2. The van der Waals surface area contributed by atoms with Gasteiger partial charge in [-0.2, -0.15) is 0 Å². The van der Waals surface area contributed by atoms with Gasteiger partial charge in [0.25, 0.3) is 0 Å². The molecule has 0 saturated heterocycles. The molecule has 0 aliphatic rings. The van der Waals surface area contributed by atoms with Crippen molar-refractivity contribution in [2.24, 2.45) is 0 Å². The zero-order valence-electron chi connectivity index (χ0n) is 15.3. The highest BCUT2D eigenvalue weighted by Gasteiger charge is 2.21. The fourth-order valence-electron chi connectivity index (χ4n) is 2.95. The lowest BCUT2D eigenvalue weighted by molar-refractivity contribution is 0.249. The molecule has 0 aliphatic heterocycles. The van der Waals surface area contributed by atoms with E-state index in [1.54, 1.807) is 17.4 Å². The van der Waals surface area contributed by atoms with Crippen molar-refractivity contribution in [3.05, 3.63) is 69.3 Å². The molecule has 0 unspecified atom stereocenters. The average Bonchev–Trinajstić information content (AvgIpc) is 3.20. The van der Waals surface area contributed by atoms with Gasteiger partial charge in [-0.25, -0.2) is 4.79 Å². The summed E-state index contributed by atoms with van der Waals surface area (Å²) in [6.45, 7) is 8.15. The lowest BCUT2D eigenvalue weighted by Gasteiger charge is -2.18. The van der Waals surface area contributed by atoms with Crippen molar-refractivity contribution < 1.29 is 4.79 Å². The summed E-state index contributed by atoms with van der Waals surface area (Å²) in [5, 5.41) is 7.67. The van der Waals surface area contributed by atoms with Gasteiger partial charge in [0.2, 0.25) is 0 Å². The summed E-state index contributed by atoms with van der Waals surface area (Å²) < 4.78 is 2.09. The van der Waals surface area contributed by atoms with Crippen LogP contribution in [0.5, 0.6) is 0 Å². The third kappa shape index (κ3) is 3.79. The highest BCUT2D eigenvalue weighted by Crippen LogP contribution is 2.35. The minimum atomic E-state index is -0.246. The molecule has 1 atom stereocenters. The van der Waals surface area contributed by atoms with Gasteiger partial charge in [0.15, 0.2) is 0 Å². The summed E-state index contributed by atoms with van der Waals surface area (Å²) in [6, 6.07) is 9.08. The van der Waals surface area contributed by atoms with Crippen LogP contribution in [-0.4, -0.2) is 10.6 Å². The van der Waals surface area contributed by atoms with Gasteiger partial charge >= 0.3 is 6.03 Å². The lowest BCUT2D eigenvalue weighted by atomic mass is 10.1. The Bertz CT molecular complexity index is 931. The van der Waals surface area contributed by atoms with Crippen molar-refractivity contribution in [1.29, 1.82) is 0 Å². The Morgan fingerprint density at radius 1 is 1.19 bits per heavy atom. The van der Waals surface area contributed by atoms with Crippen LogP contribution in [0.3, 0.4) is 0 Å². The Morgan fingerprint density at radius 2 is 1.88 bits per heavy atom. The maximum Gasteiger partial charge on any atom is 0.319 e. The number of nitrogens with zero attached hydrogens (tertiary/aromatic N) is 1. The number of nitrogens with one attached hydrogen (secondary N) is 2. The molecule has 2 N–H and O–H groups in total. The number of urea groups is 1. The molecule has 0 spiro atoms. The first kappa shape index (κ1) is 18.5. The van der Waals surface area contributed by atoms with E-state index in [0.29, 0.717) is 10.7 Å². The van der Waals surface area contributed by atoms with Crippen LogP contribution in [0.15, 0.2) is 42.7 Å². The second kappa shape index (κ2) is 7.56. The number of hydrogen-bond donors (Lipinski definition) is 2. The largest absolute Gasteiger partial charge is 0.331 e. The van der Waals surface area contributed by atoms with Crippen LogP contribution in [0.2, 0.25) is 5.02 Å². The maximum absolute atomic E-state index is 12.5. The first-order valence-electron chi connectivity index (χ1n) is 8.43. The second-order valence-electron chi connectivity index (χ2n) is 6.37. The number of hydrogen-bond acceptors (Lipinski definition) is 2. The molecule has 0 saturated carbocycles. The highest BCUT2D eigenvalue weighted by atomic mass is 35.5. The molecule has 0 aliphatic carbocycles. The number of amides is 2. The van der Waals surface area contributed by atoms with Gasteiger partial charge in [-0.05, 0) is 63.1 Å². The van der Waals surface area contributed by atoms with Crippen LogP contribution in [0.4, 0.5) is 10.5 Å². The standard InChI is InChI=1S/C20H22ClN3OS/c1-12-7-8-16(21)11-17(12)23-20(25)22-14(3)18-13(2)15(4)26-19(18)24-9-5-6-10-24/h5-11,14H,1-4H3,(H2,22,23,25)/t14-/m1/s1. The molecule has 2 heterocycles. The summed E-state index contributed by atoms with van der Waals surface area (Å²) in [5.74, 6) is 0. The Kier molecular flexibility index (Phi) is 5.39. The molecule has 4 nitrogen and oxygen atoms in total. The Morgan fingerprint density at radius 3 is 2.58 bits per heavy atom. The molecule has 26 heavy (non-hydrogen) atoms. The van der Waals surface area contributed by atoms with Crippen LogP contribution < -0.4 is 10.6 Å². The number of aromatic nitrogens is 1. The molecule has 0 radical (unpaired) electrons. The van der Waals surface area contributed by atoms with Crippen LogP contribution in [0, 0.1) is 20.8 Å². The van der Waals surface area contributed by atoms with E-state index in [4.69, 9.17) is 11.6 Å². The molecular formula is C20H22ClN3OS. The molecule has 2 aromatic heterocycles. The van der Waals surface area contributed by atoms with Crippen LogP contribution in [-0.2, 0) is 0 Å². The number of carbonyl (C=O) groups excluding carboxylic acids is 1. The topological polar surface area (TPSA) is 46.1 Å². The molecule has 1 aromatic carbocycles. The summed E-state index contributed by atoms with van der Waals surface area (Å²) in [7, 11) is 0. The van der Waals surface area contributed by atoms with Gasteiger partial charge in [-0.3, -0.25) is 0 Å². The van der Waals surface area contributed by atoms with Gasteiger partial charge in [-0.15, -0.1) is 11.3 Å². The normalized spacial score (nSPS) is 12.0. The Balaban J connectivity index is 1.81. The number of anilines is 1. The Labute approximate surface area is 162 Å². The Hall–Kier alpha value is -2.24. The molecule has 6 heteroatoms. The maximum atomic E-state index is 12.5. The molecular weight excluding hydrogens is 366 g/mol. The van der Waals surface area contributed by atoms with E-state index in [1.807, 2.05) is 50.5 Å². The zero-order valence-corrected chi connectivity index (χ0v) is 16.8. The van der Waals surface area contributed by atoms with E-state index < -0.39 is 0 Å². The smallest absolute Gasteiger partial charge is 0.319 e. The van der Waals surface area contributed by atoms with E-state index in [0.717, 1.165) is 16.1 Å². The summed E-state index contributed by atoms with van der Waals surface area (Å²) in [4.78, 5) is 13.8. The van der Waals surface area contributed by atoms with E-state index >= 15 is 0 Å². The van der Waals surface area contributed by atoms with Crippen molar-refractivity contribution >= 4 is 34.7 Å². The summed E-state index contributed by atoms with van der Waals surface area (Å²) in [5.41, 5.74) is 4.03. The second-order valence-corrected chi connectivity index (χ2v) is 8.01. The van der Waals surface area contributed by atoms with Crippen LogP contribution in [0.25, 0.3) is 5.00 Å². The fourth-order valence-corrected chi connectivity index (χ4v) is 4.35. The quantitative estimate of drug-likeness (QED) is 0.566. The van der Waals surface area contributed by atoms with Crippen molar-refractivity contribution in [2.45, 2.75) is 33.7 Å². The van der Waals surface area contributed by atoms with Crippen molar-refractivity contribution in [3.8, 4) is 5.00 Å². The third-order valence-corrected chi connectivity index (χ3v) is 5.95. The lowest BCUT2D eigenvalue weighted by Crippen LogP contribution is -2.32. The van der Waals surface area contributed by atoms with Gasteiger partial charge in [0, 0.05) is 33.5 Å². The number of rotatable bonds is 4. The molecule has 2 amide bonds. The summed E-state index contributed by atoms with van der Waals surface area (Å²) >= 11 is 7.77. The van der Waals surface area contributed by atoms with Gasteiger partial charge in [-0.1, -0.05) is 17.7 Å². The SMILES string of the molecule is Cc1ccc(Cl)cc1NC(=O)N[C@H](C)c1c(-n2cccc2)sc(C)c1C. The number of halogens is 1. The van der Waals surface area contributed by atoms with Crippen molar-refractivity contribution in [1.82, 2.24) is 9.88 Å². The van der Waals surface area contributed by atoms with Gasteiger partial charge in [0.05, 0.1) is 6.04 Å². The summed E-state index contributed by atoms with van der Waals surface area (Å²) in [6.07, 6.45) is 4.05.